The molecule has 6 heteroatoms. The Balaban J connectivity index is 1.72. The second-order valence-corrected chi connectivity index (χ2v) is 7.06. The summed E-state index contributed by atoms with van der Waals surface area (Å²) in [6.07, 6.45) is 1.11. The Labute approximate surface area is 163 Å². The molecule has 2 aromatic carbocycles. The third-order valence-electron chi connectivity index (χ3n) is 5.06. The summed E-state index contributed by atoms with van der Waals surface area (Å²) in [6, 6.07) is 11.5. The number of aromatic nitrogens is 1. The molecule has 0 aliphatic carbocycles. The summed E-state index contributed by atoms with van der Waals surface area (Å²) in [5.74, 6) is 1.43. The smallest absolute Gasteiger partial charge is 0.125 e. The molecule has 1 aliphatic heterocycles. The topological polar surface area (TPSA) is 54.8 Å². The van der Waals surface area contributed by atoms with E-state index >= 15 is 0 Å². The summed E-state index contributed by atoms with van der Waals surface area (Å²) >= 11 is 6.49. The molecule has 0 radical (unpaired) electrons. The van der Waals surface area contributed by atoms with Crippen molar-refractivity contribution in [2.75, 3.05) is 20.8 Å². The molecule has 0 fully saturated rings. The number of ether oxygens (including phenoxy) is 2. The molecule has 27 heavy (non-hydrogen) atoms. The number of fused-ring (bicyclic) bond motifs is 2. The van der Waals surface area contributed by atoms with Gasteiger partial charge in [-0.1, -0.05) is 23.7 Å². The highest BCUT2D eigenvalue weighted by Crippen LogP contribution is 2.40. The number of pyridine rings is 1. The fourth-order valence-corrected chi connectivity index (χ4v) is 4.03. The fraction of sp³-hybridized carbons (Fsp3) is 0.286. The van der Waals surface area contributed by atoms with Gasteiger partial charge in [0, 0.05) is 52.9 Å². The molecule has 0 bridgehead atoms. The first-order valence-corrected chi connectivity index (χ1v) is 9.16. The first kappa shape index (κ1) is 18.0. The lowest BCUT2D eigenvalue weighted by molar-refractivity contribution is 0.0845. The number of halogens is 1. The van der Waals surface area contributed by atoms with Crippen molar-refractivity contribution in [2.45, 2.75) is 19.2 Å². The Morgan fingerprint density at radius 1 is 1.15 bits per heavy atom. The number of nitrogens with zero attached hydrogens (tertiary/aromatic N) is 2. The van der Waals surface area contributed by atoms with Crippen molar-refractivity contribution in [1.82, 2.24) is 9.88 Å². The molecule has 0 spiro atoms. The van der Waals surface area contributed by atoms with Gasteiger partial charge in [0.2, 0.25) is 0 Å². The van der Waals surface area contributed by atoms with Crippen LogP contribution in [0.4, 0.5) is 0 Å². The number of hydrogen-bond donors (Lipinski definition) is 1. The number of aliphatic hydroxyl groups excluding tert-OH is 1. The number of β-amino-alcohol motifs (C(OH)–C–C–N with tert-alkyl or cyclic N) is 1. The van der Waals surface area contributed by atoms with E-state index in [9.17, 15) is 5.11 Å². The van der Waals surface area contributed by atoms with Crippen LogP contribution in [0.2, 0.25) is 5.02 Å². The summed E-state index contributed by atoms with van der Waals surface area (Å²) in [4.78, 5) is 6.67. The molecule has 0 unspecified atom stereocenters. The molecule has 1 aromatic heterocycles. The number of benzene rings is 2. The Morgan fingerprint density at radius 3 is 2.70 bits per heavy atom. The van der Waals surface area contributed by atoms with Crippen LogP contribution in [0.25, 0.3) is 10.9 Å². The molecular weight excluding hydrogens is 364 g/mol. The van der Waals surface area contributed by atoms with Crippen molar-refractivity contribution >= 4 is 22.5 Å². The van der Waals surface area contributed by atoms with E-state index in [1.54, 1.807) is 20.4 Å². The Kier molecular flexibility index (Phi) is 4.91. The van der Waals surface area contributed by atoms with E-state index < -0.39 is 6.10 Å². The largest absolute Gasteiger partial charge is 0.496 e. The van der Waals surface area contributed by atoms with Crippen LogP contribution in [0.1, 0.15) is 22.8 Å². The van der Waals surface area contributed by atoms with Gasteiger partial charge >= 0.3 is 0 Å². The molecule has 0 saturated heterocycles. The number of hydrogen-bond acceptors (Lipinski definition) is 5. The van der Waals surface area contributed by atoms with Gasteiger partial charge in [0.15, 0.2) is 0 Å². The average Bonchev–Trinajstić information content (AvgIpc) is 2.69. The summed E-state index contributed by atoms with van der Waals surface area (Å²) in [6.45, 7) is 1.70. The van der Waals surface area contributed by atoms with Crippen LogP contribution in [-0.4, -0.2) is 35.8 Å². The average molecular weight is 385 g/mol. The third-order valence-corrected chi connectivity index (χ3v) is 5.42. The van der Waals surface area contributed by atoms with E-state index in [1.165, 1.54) is 0 Å². The summed E-state index contributed by atoms with van der Waals surface area (Å²) in [5.41, 5.74) is 3.60. The highest BCUT2D eigenvalue weighted by Gasteiger charge is 2.30. The van der Waals surface area contributed by atoms with Gasteiger partial charge in [0.1, 0.15) is 11.5 Å². The van der Waals surface area contributed by atoms with Gasteiger partial charge in [0.05, 0.1) is 25.8 Å². The fourth-order valence-electron chi connectivity index (χ4n) is 3.82. The van der Waals surface area contributed by atoms with Gasteiger partial charge in [0.25, 0.3) is 0 Å². The second kappa shape index (κ2) is 7.35. The standard InChI is InChI=1S/C21H21ClN2O3/c1-26-18-7-8-19(27-2)20-15(18)11-24(12-17(20)25)10-14-16(22)6-5-13-4-3-9-23-21(13)14/h3-9,17,25H,10-12H2,1-2H3/t17-/m1/s1. The van der Waals surface area contributed by atoms with Crippen LogP contribution in [0.5, 0.6) is 11.5 Å². The summed E-state index contributed by atoms with van der Waals surface area (Å²) in [7, 11) is 3.25. The second-order valence-electron chi connectivity index (χ2n) is 6.65. The Bertz CT molecular complexity index is 993. The SMILES string of the molecule is COc1ccc(OC)c2c1CN(Cc1c(Cl)ccc3cccnc13)C[C@H]2O. The van der Waals surface area contributed by atoms with Crippen molar-refractivity contribution in [1.29, 1.82) is 0 Å². The van der Waals surface area contributed by atoms with Gasteiger partial charge < -0.3 is 14.6 Å². The van der Waals surface area contributed by atoms with Crippen LogP contribution in [0.15, 0.2) is 42.6 Å². The predicted molar refractivity (Wildman–Crippen MR) is 105 cm³/mol. The van der Waals surface area contributed by atoms with Crippen LogP contribution in [-0.2, 0) is 13.1 Å². The van der Waals surface area contributed by atoms with Gasteiger partial charge in [-0.25, -0.2) is 0 Å². The highest BCUT2D eigenvalue weighted by atomic mass is 35.5. The molecule has 1 aliphatic rings. The maximum atomic E-state index is 10.8. The maximum Gasteiger partial charge on any atom is 0.125 e. The van der Waals surface area contributed by atoms with E-state index in [0.29, 0.717) is 30.4 Å². The lowest BCUT2D eigenvalue weighted by atomic mass is 9.94. The van der Waals surface area contributed by atoms with E-state index in [4.69, 9.17) is 21.1 Å². The van der Waals surface area contributed by atoms with E-state index in [2.05, 4.69) is 9.88 Å². The minimum absolute atomic E-state index is 0.482. The molecule has 5 nitrogen and oxygen atoms in total. The minimum atomic E-state index is -0.666. The van der Waals surface area contributed by atoms with E-state index in [0.717, 1.165) is 33.3 Å². The first-order chi connectivity index (χ1) is 13.1. The minimum Gasteiger partial charge on any atom is -0.496 e. The molecule has 0 saturated carbocycles. The van der Waals surface area contributed by atoms with Crippen molar-refractivity contribution in [3.63, 3.8) is 0 Å². The van der Waals surface area contributed by atoms with Crippen LogP contribution < -0.4 is 9.47 Å². The Hall–Kier alpha value is -2.34. The van der Waals surface area contributed by atoms with Gasteiger partial charge in [-0.2, -0.15) is 0 Å². The number of rotatable bonds is 4. The molecule has 1 atom stereocenters. The molecular formula is C21H21ClN2O3. The van der Waals surface area contributed by atoms with Crippen LogP contribution in [0.3, 0.4) is 0 Å². The van der Waals surface area contributed by atoms with E-state index in [1.807, 2.05) is 36.4 Å². The first-order valence-electron chi connectivity index (χ1n) is 8.78. The van der Waals surface area contributed by atoms with Crippen molar-refractivity contribution < 1.29 is 14.6 Å². The molecule has 4 rings (SSSR count). The van der Waals surface area contributed by atoms with Crippen LogP contribution in [0, 0.1) is 0 Å². The number of aliphatic hydroxyl groups is 1. The monoisotopic (exact) mass is 384 g/mol. The normalized spacial score (nSPS) is 17.0. The van der Waals surface area contributed by atoms with Crippen molar-refractivity contribution in [3.05, 3.63) is 64.3 Å². The molecule has 2 heterocycles. The zero-order chi connectivity index (χ0) is 19.0. The lowest BCUT2D eigenvalue weighted by Gasteiger charge is -2.34. The van der Waals surface area contributed by atoms with Crippen LogP contribution >= 0.6 is 11.6 Å². The molecule has 3 aromatic rings. The van der Waals surface area contributed by atoms with Gasteiger partial charge in [-0.05, 0) is 24.3 Å². The number of methoxy groups -OCH3 is 2. The zero-order valence-electron chi connectivity index (χ0n) is 15.3. The predicted octanol–water partition coefficient (Wildman–Crippen LogP) is 3.95. The van der Waals surface area contributed by atoms with Crippen molar-refractivity contribution in [3.8, 4) is 11.5 Å². The van der Waals surface area contributed by atoms with Crippen molar-refractivity contribution in [2.24, 2.45) is 0 Å². The Morgan fingerprint density at radius 2 is 1.93 bits per heavy atom. The third kappa shape index (κ3) is 3.23. The summed E-state index contributed by atoms with van der Waals surface area (Å²) < 4.78 is 11.0. The van der Waals surface area contributed by atoms with Gasteiger partial charge in [-0.3, -0.25) is 9.88 Å². The van der Waals surface area contributed by atoms with E-state index in [-0.39, 0.29) is 0 Å². The zero-order valence-corrected chi connectivity index (χ0v) is 16.0. The molecule has 0 amide bonds. The maximum absolute atomic E-state index is 10.8. The summed E-state index contributed by atoms with van der Waals surface area (Å²) in [5, 5.41) is 12.5. The highest BCUT2D eigenvalue weighted by molar-refractivity contribution is 6.32. The van der Waals surface area contributed by atoms with Gasteiger partial charge in [-0.15, -0.1) is 0 Å². The quantitative estimate of drug-likeness (QED) is 0.738. The lowest BCUT2D eigenvalue weighted by Crippen LogP contribution is -2.34. The molecule has 140 valence electrons. The molecule has 1 N–H and O–H groups in total.